The van der Waals surface area contributed by atoms with Crippen molar-refractivity contribution in [3.05, 3.63) is 0 Å². The van der Waals surface area contributed by atoms with Gasteiger partial charge in [0.25, 0.3) is 0 Å². The molecule has 1 saturated carbocycles. The highest BCUT2D eigenvalue weighted by Crippen LogP contribution is 2.50. The van der Waals surface area contributed by atoms with E-state index >= 15 is 0 Å². The molecule has 0 radical (unpaired) electrons. The third kappa shape index (κ3) is 5.56. The van der Waals surface area contributed by atoms with Gasteiger partial charge < -0.3 is 5.11 Å². The van der Waals surface area contributed by atoms with Crippen LogP contribution in [0.25, 0.3) is 0 Å². The van der Waals surface area contributed by atoms with Crippen LogP contribution in [-0.4, -0.2) is 11.1 Å². The monoisotopic (exact) mass is 240 g/mol. The van der Waals surface area contributed by atoms with E-state index in [2.05, 4.69) is 6.92 Å². The molecule has 0 aromatic carbocycles. The molecule has 17 heavy (non-hydrogen) atoms. The summed E-state index contributed by atoms with van der Waals surface area (Å²) in [4.78, 5) is 11.0. The van der Waals surface area contributed by atoms with Crippen LogP contribution in [0.5, 0.6) is 0 Å². The Balaban J connectivity index is 1.83. The molecule has 1 aliphatic rings. The molecule has 1 N–H and O–H groups in total. The number of carbonyl (C=O) groups is 1. The van der Waals surface area contributed by atoms with Gasteiger partial charge in [0.15, 0.2) is 0 Å². The fourth-order valence-corrected chi connectivity index (χ4v) is 2.50. The molecule has 2 heteroatoms. The number of aliphatic carboxylic acids is 1. The van der Waals surface area contributed by atoms with Gasteiger partial charge in [-0.2, -0.15) is 0 Å². The quantitative estimate of drug-likeness (QED) is 0.528. The minimum Gasteiger partial charge on any atom is -0.481 e. The first-order valence-electron chi connectivity index (χ1n) is 7.45. The van der Waals surface area contributed by atoms with E-state index in [1.54, 1.807) is 0 Å². The molecular formula is C15H28O2. The van der Waals surface area contributed by atoms with Gasteiger partial charge in [-0.15, -0.1) is 0 Å². The molecule has 1 rings (SSSR count). The minimum atomic E-state index is -0.558. The van der Waals surface area contributed by atoms with Gasteiger partial charge in [0.1, 0.15) is 0 Å². The molecule has 0 atom stereocenters. The van der Waals surface area contributed by atoms with E-state index in [0.717, 1.165) is 25.7 Å². The SMILES string of the molecule is CCCCCCCCCCCC1(C(=O)O)CC1. The van der Waals surface area contributed by atoms with Crippen molar-refractivity contribution < 1.29 is 9.90 Å². The Morgan fingerprint density at radius 2 is 1.41 bits per heavy atom. The Bertz CT molecular complexity index is 219. The topological polar surface area (TPSA) is 37.3 Å². The van der Waals surface area contributed by atoms with Gasteiger partial charge in [-0.3, -0.25) is 4.79 Å². The molecule has 1 fully saturated rings. The lowest BCUT2D eigenvalue weighted by atomic mass is 9.97. The fraction of sp³-hybridized carbons (Fsp3) is 0.933. The summed E-state index contributed by atoms with van der Waals surface area (Å²) in [5.41, 5.74) is -0.291. The van der Waals surface area contributed by atoms with Crippen molar-refractivity contribution in [2.24, 2.45) is 5.41 Å². The first kappa shape index (κ1) is 14.5. The molecule has 0 heterocycles. The van der Waals surface area contributed by atoms with Crippen molar-refractivity contribution in [1.29, 1.82) is 0 Å². The Morgan fingerprint density at radius 3 is 1.82 bits per heavy atom. The Labute approximate surface area is 106 Å². The molecule has 0 aliphatic heterocycles. The number of unbranched alkanes of at least 4 members (excludes halogenated alkanes) is 8. The highest BCUT2D eigenvalue weighted by Gasteiger charge is 2.49. The van der Waals surface area contributed by atoms with Crippen molar-refractivity contribution in [2.75, 3.05) is 0 Å². The van der Waals surface area contributed by atoms with Gasteiger partial charge in [0, 0.05) is 0 Å². The molecule has 100 valence electrons. The zero-order chi connectivity index (χ0) is 12.6. The van der Waals surface area contributed by atoms with Crippen LogP contribution in [0.15, 0.2) is 0 Å². The van der Waals surface area contributed by atoms with Crippen LogP contribution in [-0.2, 0) is 4.79 Å². The van der Waals surface area contributed by atoms with Gasteiger partial charge in [-0.1, -0.05) is 64.7 Å². The van der Waals surface area contributed by atoms with Gasteiger partial charge in [0.2, 0.25) is 0 Å². The largest absolute Gasteiger partial charge is 0.481 e. The van der Waals surface area contributed by atoms with Crippen LogP contribution in [0, 0.1) is 5.41 Å². The van der Waals surface area contributed by atoms with Gasteiger partial charge in [-0.25, -0.2) is 0 Å². The Hall–Kier alpha value is -0.530. The molecule has 0 aromatic rings. The van der Waals surface area contributed by atoms with Crippen LogP contribution in [0.1, 0.15) is 84.0 Å². The highest BCUT2D eigenvalue weighted by atomic mass is 16.4. The summed E-state index contributed by atoms with van der Waals surface area (Å²) in [6.07, 6.45) is 14.5. The fourth-order valence-electron chi connectivity index (χ4n) is 2.50. The predicted molar refractivity (Wildman–Crippen MR) is 71.1 cm³/mol. The number of carboxylic acid groups (broad SMARTS) is 1. The maximum atomic E-state index is 11.0. The van der Waals surface area contributed by atoms with Crippen molar-refractivity contribution in [1.82, 2.24) is 0 Å². The standard InChI is InChI=1S/C15H28O2/c1-2-3-4-5-6-7-8-9-10-11-15(12-13-15)14(16)17/h2-13H2,1H3,(H,16,17). The molecular weight excluding hydrogens is 212 g/mol. The van der Waals surface area contributed by atoms with E-state index in [0.29, 0.717) is 0 Å². The Morgan fingerprint density at radius 1 is 0.941 bits per heavy atom. The zero-order valence-electron chi connectivity index (χ0n) is 11.3. The summed E-state index contributed by atoms with van der Waals surface area (Å²) < 4.78 is 0. The molecule has 0 saturated heterocycles. The van der Waals surface area contributed by atoms with Crippen molar-refractivity contribution in [3.8, 4) is 0 Å². The van der Waals surface area contributed by atoms with Crippen LogP contribution in [0.4, 0.5) is 0 Å². The summed E-state index contributed by atoms with van der Waals surface area (Å²) >= 11 is 0. The van der Waals surface area contributed by atoms with Crippen molar-refractivity contribution in [3.63, 3.8) is 0 Å². The van der Waals surface area contributed by atoms with Crippen LogP contribution >= 0.6 is 0 Å². The molecule has 0 aromatic heterocycles. The first-order chi connectivity index (χ1) is 8.21. The Kier molecular flexibility index (Phi) is 6.61. The molecule has 1 aliphatic carbocycles. The summed E-state index contributed by atoms with van der Waals surface area (Å²) in [6, 6.07) is 0. The zero-order valence-corrected chi connectivity index (χ0v) is 11.3. The third-order valence-corrected chi connectivity index (χ3v) is 4.07. The van der Waals surface area contributed by atoms with E-state index < -0.39 is 5.97 Å². The lowest BCUT2D eigenvalue weighted by Gasteiger charge is -2.08. The first-order valence-corrected chi connectivity index (χ1v) is 7.45. The van der Waals surface area contributed by atoms with Crippen molar-refractivity contribution in [2.45, 2.75) is 84.0 Å². The van der Waals surface area contributed by atoms with E-state index in [1.807, 2.05) is 0 Å². The second-order valence-corrected chi connectivity index (χ2v) is 5.66. The average molecular weight is 240 g/mol. The lowest BCUT2D eigenvalue weighted by Crippen LogP contribution is -2.14. The summed E-state index contributed by atoms with van der Waals surface area (Å²) in [5.74, 6) is -0.558. The van der Waals surface area contributed by atoms with Gasteiger partial charge in [0.05, 0.1) is 5.41 Å². The van der Waals surface area contributed by atoms with E-state index in [-0.39, 0.29) is 5.41 Å². The summed E-state index contributed by atoms with van der Waals surface area (Å²) in [5, 5.41) is 9.03. The van der Waals surface area contributed by atoms with Gasteiger partial charge >= 0.3 is 5.97 Å². The van der Waals surface area contributed by atoms with Crippen LogP contribution in [0.2, 0.25) is 0 Å². The lowest BCUT2D eigenvalue weighted by molar-refractivity contribution is -0.143. The minimum absolute atomic E-state index is 0.291. The normalized spacial score (nSPS) is 17.0. The number of hydrogen-bond acceptors (Lipinski definition) is 1. The van der Waals surface area contributed by atoms with E-state index in [1.165, 1.54) is 51.4 Å². The van der Waals surface area contributed by atoms with Crippen molar-refractivity contribution >= 4 is 5.97 Å². The summed E-state index contributed by atoms with van der Waals surface area (Å²) in [7, 11) is 0. The highest BCUT2D eigenvalue weighted by molar-refractivity contribution is 5.77. The number of carboxylic acids is 1. The maximum absolute atomic E-state index is 11.0. The summed E-state index contributed by atoms with van der Waals surface area (Å²) in [6.45, 7) is 2.25. The average Bonchev–Trinajstić information content (AvgIpc) is 3.08. The second-order valence-electron chi connectivity index (χ2n) is 5.66. The number of hydrogen-bond donors (Lipinski definition) is 1. The molecule has 0 unspecified atom stereocenters. The van der Waals surface area contributed by atoms with Crippen LogP contribution in [0.3, 0.4) is 0 Å². The molecule has 0 spiro atoms. The van der Waals surface area contributed by atoms with Crippen LogP contribution < -0.4 is 0 Å². The smallest absolute Gasteiger partial charge is 0.309 e. The molecule has 0 bridgehead atoms. The third-order valence-electron chi connectivity index (χ3n) is 4.07. The predicted octanol–water partition coefficient (Wildman–Crippen LogP) is 4.77. The second kappa shape index (κ2) is 7.73. The van der Waals surface area contributed by atoms with Gasteiger partial charge in [-0.05, 0) is 19.3 Å². The van der Waals surface area contributed by atoms with E-state index in [4.69, 9.17) is 5.11 Å². The molecule has 0 amide bonds. The maximum Gasteiger partial charge on any atom is 0.309 e. The number of rotatable bonds is 11. The molecule has 2 nitrogen and oxygen atoms in total. The van der Waals surface area contributed by atoms with E-state index in [9.17, 15) is 4.79 Å².